The van der Waals surface area contributed by atoms with Gasteiger partial charge < -0.3 is 30.8 Å². The molecule has 0 radical (unpaired) electrons. The molecule has 29 nitrogen and oxygen atoms in total. The van der Waals surface area contributed by atoms with Crippen LogP contribution in [-0.2, 0) is 72.5 Å². The second kappa shape index (κ2) is 35.5. The maximum atomic E-state index is 13.0. The summed E-state index contributed by atoms with van der Waals surface area (Å²) in [4.78, 5) is 82.3. The molecule has 0 aliphatic rings. The van der Waals surface area contributed by atoms with E-state index in [2.05, 4.69) is 65.7 Å². The summed E-state index contributed by atoms with van der Waals surface area (Å²) in [5, 5.41) is 16.9. The van der Waals surface area contributed by atoms with Crippen molar-refractivity contribution in [3.63, 3.8) is 0 Å². The van der Waals surface area contributed by atoms with Gasteiger partial charge in [-0.3, -0.25) is 43.2 Å². The molecule has 0 aliphatic carbocycles. The Labute approximate surface area is 698 Å². The van der Waals surface area contributed by atoms with Gasteiger partial charge in [-0.15, -0.1) is 47.2 Å². The first kappa shape index (κ1) is 83.8. The Bertz CT molecular complexity index is 7200. The summed E-state index contributed by atoms with van der Waals surface area (Å²) in [7, 11) is -13.5. The van der Waals surface area contributed by atoms with E-state index >= 15 is 0 Å². The maximum Gasteiger partial charge on any atom is 0.573 e. The van der Waals surface area contributed by atoms with E-state index in [4.69, 9.17) is 5.73 Å². The first-order chi connectivity index (χ1) is 57.9. The number of nitrogens with two attached hydrogens (primary N) is 1. The second-order valence-electron chi connectivity index (χ2n) is 26.4. The van der Waals surface area contributed by atoms with E-state index in [0.717, 1.165) is 76.8 Å². The number of sulfone groups is 4. The highest BCUT2D eigenvalue weighted by Crippen LogP contribution is 2.36. The Morgan fingerprint density at radius 2 is 1.10 bits per heavy atom. The number of benzene rings is 6. The van der Waals surface area contributed by atoms with Gasteiger partial charge in [0.1, 0.15) is 16.3 Å². The first-order valence-electron chi connectivity index (χ1n) is 35.8. The highest BCUT2D eigenvalue weighted by Gasteiger charge is 2.35. The molecule has 0 saturated heterocycles. The van der Waals surface area contributed by atoms with Gasteiger partial charge in [-0.1, -0.05) is 60.7 Å². The lowest BCUT2D eigenvalue weighted by Gasteiger charge is -2.13. The van der Waals surface area contributed by atoms with Crippen molar-refractivity contribution in [2.45, 2.75) is 78.1 Å². The average molecular weight is 1760 g/mol. The number of aromatic nitrogens is 12. The third kappa shape index (κ3) is 19.5. The standard InChI is InChI=1S/C22H16F3N3O4S.C22H18N6O3S.C20H16N4O3S2.C18H13N3O3S3/c23-22(24,25)32-18-3-1-2-4-19(18)33(30,31)17-8-5-15(6-9-17)13-27-21(29)16-7-10-20-26-11-12-28(20)14-16;1-27-13-16-10-19(6-7-20(16)26-27)32(30,31)18-4-2-15(3-5-18)11-24-21(29)17-12-25-22-23-8-9-28(22)14-17;1-12-9-23-11-18(24-12)29(26,27)14-4-2-13(3-5-14)8-16-15-6-7-22-10-17(15)28-19(16)20(21)25;22-17(15-9-13-5-6-19-11-16(13)26-15)21-10-12-1-3-14(4-2-12)27(23,24)18-20-7-8-25-18/h1-12,14H,13H2,(H,27,29);2-10,12-14H,11H2,1H3,(H,24,29);2-7,9-11H,8H2,1H3,(H2,21,25);1-9,11H,10H2,(H,21,22). The highest BCUT2D eigenvalue weighted by molar-refractivity contribution is 7.93. The molecule has 0 spiro atoms. The van der Waals surface area contributed by atoms with Crippen molar-refractivity contribution < 1.29 is 70.8 Å². The molecule has 5 N–H and O–H groups in total. The normalized spacial score (nSPS) is 11.7. The number of nitrogens with one attached hydrogen (secondary N) is 3. The summed E-state index contributed by atoms with van der Waals surface area (Å²) < 4.78 is 151. The van der Waals surface area contributed by atoms with E-state index in [1.807, 2.05) is 18.2 Å². The molecule has 0 fully saturated rings. The number of hydrogen-bond donors (Lipinski definition) is 4. The van der Waals surface area contributed by atoms with E-state index in [1.54, 1.807) is 180 Å². The zero-order valence-corrected chi connectivity index (χ0v) is 68.7. The number of halogens is 3. The van der Waals surface area contributed by atoms with Crippen LogP contribution in [0.15, 0.2) is 307 Å². The number of carbonyl (C=O) groups is 4. The van der Waals surface area contributed by atoms with E-state index in [1.165, 1.54) is 108 Å². The number of carbonyl (C=O) groups excluding carboxylic acids is 4. The average Bonchev–Trinajstić information content (AvgIpc) is 1.16. The number of aryl methyl sites for hydroxylation is 2. The Morgan fingerprint density at radius 3 is 1.74 bits per heavy atom. The van der Waals surface area contributed by atoms with Gasteiger partial charge in [0.05, 0.1) is 72.2 Å². The largest absolute Gasteiger partial charge is 0.573 e. The second-order valence-corrected chi connectivity index (χ2v) is 37.3. The van der Waals surface area contributed by atoms with Gasteiger partial charge in [0.25, 0.3) is 23.6 Å². The quantitative estimate of drug-likeness (QED) is 0.0519. The summed E-state index contributed by atoms with van der Waals surface area (Å²) in [5.74, 6) is -1.57. The maximum absolute atomic E-state index is 13.0. The van der Waals surface area contributed by atoms with E-state index in [-0.39, 0.29) is 64.7 Å². The fourth-order valence-corrected chi connectivity index (χ4v) is 20.2. The Kier molecular flexibility index (Phi) is 24.6. The number of imidazole rings is 2. The Hall–Kier alpha value is -13.7. The zero-order valence-electron chi connectivity index (χ0n) is 63.0. The van der Waals surface area contributed by atoms with Gasteiger partial charge in [0.15, 0.2) is 5.03 Å². The fraction of sp³-hybridized carbons (Fsp3) is 0.0854. The highest BCUT2D eigenvalue weighted by atomic mass is 32.2. The SMILES string of the molecule is Cc1cncc(S(=O)(=O)c2ccc(Cc3c(C(N)=O)sc4cnccc34)cc2)n1.Cn1cc2cc(S(=O)(=O)c3ccc(CNC(=O)c4cnc5nccn5c4)cc3)ccc2n1.O=C(NCc1ccc(S(=O)(=O)c2ccccc2OC(F)(F)F)cc1)c1ccc2nccn2c1.O=C(NCc1ccc(S(=O)(=O)c2nccs2)cc1)c1cc2ccncc2s1. The number of alkyl halides is 3. The van der Waals surface area contributed by atoms with Crippen molar-refractivity contribution in [3.05, 3.63) is 323 Å². The smallest absolute Gasteiger partial charge is 0.404 e. The molecule has 11 aromatic heterocycles. The number of fused-ring (bicyclic) bond motifs is 5. The zero-order chi connectivity index (χ0) is 85.4. The predicted molar refractivity (Wildman–Crippen MR) is 443 cm³/mol. The molecule has 121 heavy (non-hydrogen) atoms. The van der Waals surface area contributed by atoms with Crippen molar-refractivity contribution in [1.29, 1.82) is 0 Å². The number of pyridine rings is 3. The summed E-state index contributed by atoms with van der Waals surface area (Å²) in [6.45, 7) is 2.37. The lowest BCUT2D eigenvalue weighted by Crippen LogP contribution is -2.23. The van der Waals surface area contributed by atoms with Crippen LogP contribution in [0.3, 0.4) is 0 Å². The van der Waals surface area contributed by atoms with Crippen LogP contribution < -0.4 is 26.4 Å². The molecular weight excluding hydrogens is 1700 g/mol. The molecule has 17 aromatic rings. The minimum absolute atomic E-state index is 0.0720. The molecule has 0 aliphatic heterocycles. The lowest BCUT2D eigenvalue weighted by atomic mass is 10.0. The fourth-order valence-electron chi connectivity index (χ4n) is 12.1. The minimum atomic E-state index is -5.03. The molecule has 612 valence electrons. The third-order valence-corrected chi connectivity index (χ3v) is 28.6. The summed E-state index contributed by atoms with van der Waals surface area (Å²) in [6, 6.07) is 43.2. The molecular formula is C82H63F3N16O13S7. The first-order valence-corrected chi connectivity index (χ1v) is 44.3. The molecule has 0 saturated carbocycles. The number of thiophene rings is 2. The number of amides is 4. The molecule has 0 atom stereocenters. The van der Waals surface area contributed by atoms with Crippen LogP contribution in [0, 0.1) is 6.92 Å². The van der Waals surface area contributed by atoms with Gasteiger partial charge >= 0.3 is 6.36 Å². The van der Waals surface area contributed by atoms with Crippen LogP contribution in [0.4, 0.5) is 13.2 Å². The van der Waals surface area contributed by atoms with Crippen LogP contribution in [0.2, 0.25) is 0 Å². The number of ether oxygens (including phenoxy) is 1. The van der Waals surface area contributed by atoms with Crippen LogP contribution in [0.5, 0.6) is 5.75 Å². The van der Waals surface area contributed by atoms with Gasteiger partial charge in [-0.05, 0) is 161 Å². The van der Waals surface area contributed by atoms with E-state index in [9.17, 15) is 66.0 Å². The molecule has 6 aromatic carbocycles. The van der Waals surface area contributed by atoms with Crippen LogP contribution in [0.25, 0.3) is 42.5 Å². The Balaban J connectivity index is 0.000000132. The van der Waals surface area contributed by atoms with Crippen molar-refractivity contribution >= 4 is 139 Å². The summed E-state index contributed by atoms with van der Waals surface area (Å²) >= 11 is 3.78. The van der Waals surface area contributed by atoms with Gasteiger partial charge in [0.2, 0.25) is 49.5 Å². The number of primary amides is 1. The van der Waals surface area contributed by atoms with Crippen LogP contribution >= 0.6 is 34.0 Å². The van der Waals surface area contributed by atoms with E-state index < -0.39 is 62.3 Å². The number of para-hydroxylation sites is 1. The molecule has 39 heteroatoms. The van der Waals surface area contributed by atoms with Crippen molar-refractivity contribution in [2.24, 2.45) is 12.8 Å². The van der Waals surface area contributed by atoms with Gasteiger partial charge in [-0.25, -0.2) is 58.6 Å². The van der Waals surface area contributed by atoms with Crippen molar-refractivity contribution in [2.75, 3.05) is 0 Å². The Morgan fingerprint density at radius 1 is 0.512 bits per heavy atom. The monoisotopic (exact) mass is 1760 g/mol. The van der Waals surface area contributed by atoms with Gasteiger partial charge in [0, 0.05) is 124 Å². The molecule has 11 heterocycles. The molecule has 0 unspecified atom stereocenters. The number of hydrogen-bond acceptors (Lipinski definition) is 25. The van der Waals surface area contributed by atoms with E-state index in [0.29, 0.717) is 56.5 Å². The predicted octanol–water partition coefficient (Wildman–Crippen LogP) is 12.8. The molecule has 0 bridgehead atoms. The topological polar surface area (TPSA) is 406 Å². The van der Waals surface area contributed by atoms with Crippen LogP contribution in [-0.4, -0.2) is 122 Å². The third-order valence-electron chi connectivity index (χ3n) is 18.1. The summed E-state index contributed by atoms with van der Waals surface area (Å²) in [5.41, 5.74) is 12.2. The van der Waals surface area contributed by atoms with Crippen molar-refractivity contribution in [1.82, 2.24) is 74.4 Å². The number of thiazole rings is 1. The van der Waals surface area contributed by atoms with Crippen LogP contribution in [0.1, 0.15) is 73.6 Å². The number of rotatable bonds is 21. The molecule has 4 amide bonds. The van der Waals surface area contributed by atoms with Gasteiger partial charge in [-0.2, -0.15) is 5.10 Å². The minimum Gasteiger partial charge on any atom is -0.404 e. The number of nitrogens with zero attached hydrogens (tertiary/aromatic N) is 12. The lowest BCUT2D eigenvalue weighted by molar-refractivity contribution is -0.275. The van der Waals surface area contributed by atoms with Crippen molar-refractivity contribution in [3.8, 4) is 5.75 Å². The molecule has 17 rings (SSSR count). The summed E-state index contributed by atoms with van der Waals surface area (Å²) in [6.07, 6.45) is 19.6.